The molecule has 1 fully saturated rings. The van der Waals surface area contributed by atoms with E-state index >= 15 is 0 Å². The van der Waals surface area contributed by atoms with Gasteiger partial charge >= 0.3 is 0 Å². The van der Waals surface area contributed by atoms with Gasteiger partial charge in [0.15, 0.2) is 15.8 Å². The Morgan fingerprint density at radius 3 is 2.64 bits per heavy atom. The molecule has 1 saturated heterocycles. The lowest BCUT2D eigenvalue weighted by Crippen LogP contribution is -2.46. The first-order valence-electron chi connectivity index (χ1n) is 7.98. The Kier molecular flexibility index (Phi) is 9.08. The second kappa shape index (κ2) is 10.3. The highest BCUT2D eigenvalue weighted by molar-refractivity contribution is 14.0. The van der Waals surface area contributed by atoms with E-state index in [0.717, 1.165) is 18.1 Å². The number of sulfone groups is 1. The molecule has 0 aliphatic carbocycles. The third kappa shape index (κ3) is 7.45. The Balaban J connectivity index is 0.00000312. The molecule has 9 heteroatoms. The van der Waals surface area contributed by atoms with E-state index in [9.17, 15) is 12.8 Å². The van der Waals surface area contributed by atoms with Crippen molar-refractivity contribution in [1.82, 2.24) is 15.1 Å². The topological polar surface area (TPSA) is 65.0 Å². The minimum absolute atomic E-state index is 0. The molecule has 25 heavy (non-hydrogen) atoms. The van der Waals surface area contributed by atoms with Crippen LogP contribution in [0.3, 0.4) is 0 Å². The lowest BCUT2D eigenvalue weighted by molar-refractivity contribution is 0.298. The molecular weight excluding hydrogens is 458 g/mol. The van der Waals surface area contributed by atoms with Gasteiger partial charge in [-0.05, 0) is 17.7 Å². The van der Waals surface area contributed by atoms with Crippen molar-refractivity contribution in [1.29, 1.82) is 0 Å². The minimum Gasteiger partial charge on any atom is -0.355 e. The minimum atomic E-state index is -2.84. The van der Waals surface area contributed by atoms with Crippen LogP contribution < -0.4 is 5.32 Å². The first kappa shape index (κ1) is 22.1. The maximum absolute atomic E-state index is 13.3. The molecule has 0 spiro atoms. The Hall–Kier alpha value is -0.940. The lowest BCUT2D eigenvalue weighted by atomic mass is 10.2. The average molecular weight is 484 g/mol. The molecule has 1 aliphatic rings. The normalized spacial score (nSPS) is 17.6. The fourth-order valence-corrected chi connectivity index (χ4v) is 3.95. The van der Waals surface area contributed by atoms with Crippen LogP contribution in [-0.2, 0) is 16.4 Å². The van der Waals surface area contributed by atoms with Gasteiger partial charge in [0.05, 0.1) is 11.5 Å². The summed E-state index contributed by atoms with van der Waals surface area (Å²) in [7, 11) is 0.765. The summed E-state index contributed by atoms with van der Waals surface area (Å²) in [5.74, 6) is 0.954. The van der Waals surface area contributed by atoms with Gasteiger partial charge in [-0.3, -0.25) is 9.89 Å². The molecule has 0 aromatic heterocycles. The molecule has 1 aromatic carbocycles. The Morgan fingerprint density at radius 1 is 1.36 bits per heavy atom. The van der Waals surface area contributed by atoms with Crippen molar-refractivity contribution in [2.45, 2.75) is 6.54 Å². The highest BCUT2D eigenvalue weighted by Gasteiger charge is 2.21. The molecule has 1 N–H and O–H groups in total. The number of nitrogens with one attached hydrogen (secondary N) is 1. The monoisotopic (exact) mass is 484 g/mol. The third-order valence-corrected chi connectivity index (χ3v) is 5.64. The molecule has 0 saturated carbocycles. The lowest BCUT2D eigenvalue weighted by Gasteiger charge is -2.28. The molecular formula is C16H26FIN4O2S. The molecule has 6 nitrogen and oxygen atoms in total. The molecule has 2 rings (SSSR count). The van der Waals surface area contributed by atoms with Crippen LogP contribution in [0.5, 0.6) is 0 Å². The van der Waals surface area contributed by atoms with Gasteiger partial charge in [0.2, 0.25) is 0 Å². The quantitative estimate of drug-likeness (QED) is 0.387. The average Bonchev–Trinajstić information content (AvgIpc) is 2.53. The number of guanidine groups is 1. The summed E-state index contributed by atoms with van der Waals surface area (Å²) < 4.78 is 36.1. The predicted octanol–water partition coefficient (Wildman–Crippen LogP) is 1.18. The summed E-state index contributed by atoms with van der Waals surface area (Å²) in [5.41, 5.74) is 0.877. The molecule has 1 aromatic rings. The summed E-state index contributed by atoms with van der Waals surface area (Å²) in [4.78, 5) is 8.29. The Labute approximate surface area is 166 Å². The van der Waals surface area contributed by atoms with Gasteiger partial charge in [0.1, 0.15) is 5.82 Å². The van der Waals surface area contributed by atoms with Crippen molar-refractivity contribution in [2.24, 2.45) is 4.99 Å². The van der Waals surface area contributed by atoms with Crippen molar-refractivity contribution >= 4 is 39.8 Å². The zero-order valence-corrected chi connectivity index (χ0v) is 17.8. The van der Waals surface area contributed by atoms with E-state index in [1.165, 1.54) is 12.1 Å². The van der Waals surface area contributed by atoms with Crippen LogP contribution in [-0.4, -0.2) is 76.0 Å². The Bertz CT molecular complexity index is 670. The highest BCUT2D eigenvalue weighted by atomic mass is 127. The number of halogens is 2. The van der Waals surface area contributed by atoms with E-state index in [4.69, 9.17) is 0 Å². The fourth-order valence-electron chi connectivity index (χ4n) is 2.67. The largest absolute Gasteiger partial charge is 0.355 e. The number of hydrogen-bond donors (Lipinski definition) is 1. The summed E-state index contributed by atoms with van der Waals surface area (Å²) in [5, 5.41) is 3.26. The van der Waals surface area contributed by atoms with Crippen LogP contribution >= 0.6 is 24.0 Å². The van der Waals surface area contributed by atoms with Gasteiger partial charge in [0.25, 0.3) is 0 Å². The molecule has 0 bridgehead atoms. The first-order valence-corrected chi connectivity index (χ1v) is 9.81. The molecule has 142 valence electrons. The van der Waals surface area contributed by atoms with Crippen LogP contribution in [0.25, 0.3) is 0 Å². The molecule has 0 amide bonds. The van der Waals surface area contributed by atoms with Crippen molar-refractivity contribution in [2.75, 3.05) is 51.8 Å². The summed E-state index contributed by atoms with van der Waals surface area (Å²) in [6.07, 6.45) is 0. The van der Waals surface area contributed by atoms with Crippen LogP contribution in [0.1, 0.15) is 5.56 Å². The molecule has 0 unspecified atom stereocenters. The number of aliphatic imine (C=N–C) groups is 1. The second-order valence-corrected chi connectivity index (χ2v) is 8.26. The van der Waals surface area contributed by atoms with Gasteiger partial charge in [-0.1, -0.05) is 12.1 Å². The maximum atomic E-state index is 13.3. The zero-order valence-electron chi connectivity index (χ0n) is 14.6. The van der Waals surface area contributed by atoms with Crippen molar-refractivity contribution < 1.29 is 12.8 Å². The van der Waals surface area contributed by atoms with E-state index in [-0.39, 0.29) is 41.3 Å². The van der Waals surface area contributed by atoms with Gasteiger partial charge in [-0.15, -0.1) is 24.0 Å². The Morgan fingerprint density at radius 2 is 2.04 bits per heavy atom. The standard InChI is InChI=1S/C16H25FN4O2S.HI/c1-18-16(20(2)13-14-4-3-5-15(17)12-14)19-6-7-21-8-10-24(22,23)11-9-21;/h3-5,12H,6-11,13H2,1-2H3,(H,18,19);1H. The molecule has 0 radical (unpaired) electrons. The second-order valence-electron chi connectivity index (χ2n) is 5.95. The first-order chi connectivity index (χ1) is 11.4. The number of hydrogen-bond acceptors (Lipinski definition) is 4. The van der Waals surface area contributed by atoms with Gasteiger partial charge in [-0.25, -0.2) is 12.8 Å². The summed E-state index contributed by atoms with van der Waals surface area (Å²) in [6, 6.07) is 6.51. The number of benzene rings is 1. The van der Waals surface area contributed by atoms with Crippen LogP contribution in [0.15, 0.2) is 29.3 Å². The van der Waals surface area contributed by atoms with Crippen molar-refractivity contribution in [3.8, 4) is 0 Å². The smallest absolute Gasteiger partial charge is 0.193 e. The maximum Gasteiger partial charge on any atom is 0.193 e. The van der Waals surface area contributed by atoms with Crippen molar-refractivity contribution in [3.63, 3.8) is 0 Å². The van der Waals surface area contributed by atoms with E-state index in [1.54, 1.807) is 13.1 Å². The number of rotatable bonds is 5. The van der Waals surface area contributed by atoms with E-state index < -0.39 is 9.84 Å². The van der Waals surface area contributed by atoms with E-state index in [1.807, 2.05) is 18.0 Å². The zero-order chi connectivity index (χ0) is 17.6. The molecule has 1 aliphatic heterocycles. The van der Waals surface area contributed by atoms with Gasteiger partial charge < -0.3 is 10.2 Å². The summed E-state index contributed by atoms with van der Waals surface area (Å²) in [6.45, 7) is 3.17. The third-order valence-electron chi connectivity index (χ3n) is 4.03. The van der Waals surface area contributed by atoms with Gasteiger partial charge in [-0.2, -0.15) is 0 Å². The SMILES string of the molecule is CN=C(NCCN1CCS(=O)(=O)CC1)N(C)Cc1cccc(F)c1.I. The summed E-state index contributed by atoms with van der Waals surface area (Å²) >= 11 is 0. The predicted molar refractivity (Wildman–Crippen MR) is 110 cm³/mol. The number of nitrogens with zero attached hydrogens (tertiary/aromatic N) is 3. The highest BCUT2D eigenvalue weighted by Crippen LogP contribution is 2.06. The van der Waals surface area contributed by atoms with E-state index in [2.05, 4.69) is 15.2 Å². The van der Waals surface area contributed by atoms with Crippen LogP contribution in [0.4, 0.5) is 4.39 Å². The molecule has 1 heterocycles. The molecule has 0 atom stereocenters. The van der Waals surface area contributed by atoms with Crippen molar-refractivity contribution in [3.05, 3.63) is 35.6 Å². The fraction of sp³-hybridized carbons (Fsp3) is 0.562. The van der Waals surface area contributed by atoms with Crippen LogP contribution in [0.2, 0.25) is 0 Å². The van der Waals surface area contributed by atoms with E-state index in [0.29, 0.717) is 26.2 Å². The van der Waals surface area contributed by atoms with Crippen LogP contribution in [0, 0.1) is 5.82 Å². The van der Waals surface area contributed by atoms with Gasteiger partial charge in [0, 0.05) is 46.8 Å².